The highest BCUT2D eigenvalue weighted by Crippen LogP contribution is 2.20. The van der Waals surface area contributed by atoms with Crippen molar-refractivity contribution in [2.24, 2.45) is 4.99 Å². The molecule has 1 unspecified atom stereocenters. The van der Waals surface area contributed by atoms with E-state index in [2.05, 4.69) is 52.9 Å². The predicted molar refractivity (Wildman–Crippen MR) is 123 cm³/mol. The highest BCUT2D eigenvalue weighted by molar-refractivity contribution is 14.0. The van der Waals surface area contributed by atoms with Gasteiger partial charge in [-0.3, -0.25) is 4.99 Å². The molecule has 0 bridgehead atoms. The van der Waals surface area contributed by atoms with Crippen molar-refractivity contribution >= 4 is 50.5 Å². The van der Waals surface area contributed by atoms with Gasteiger partial charge in [0.1, 0.15) is 9.84 Å². The molecule has 0 amide bonds. The summed E-state index contributed by atoms with van der Waals surface area (Å²) in [5.41, 5.74) is 1.18. The molecular formula is C19H28IN3O3S. The Hall–Kier alpha value is -1.39. The third kappa shape index (κ3) is 8.44. The van der Waals surface area contributed by atoms with Crippen LogP contribution in [0.25, 0.3) is 10.8 Å². The Balaban J connectivity index is 0.00000364. The van der Waals surface area contributed by atoms with E-state index >= 15 is 0 Å². The standard InChI is InChI=1S/C19H27N3O3S.HI/c1-15(17-9-8-16-6-4-5-7-18(16)14-17)22-19(20-2)21-10-11-25-12-13-26(3,23)24;/h4-9,14-15H,10-13H2,1-3H3,(H2,20,21,22);1H. The van der Waals surface area contributed by atoms with Gasteiger partial charge >= 0.3 is 0 Å². The van der Waals surface area contributed by atoms with Gasteiger partial charge in [0.25, 0.3) is 0 Å². The third-order valence-corrected chi connectivity index (χ3v) is 4.90. The minimum Gasteiger partial charge on any atom is -0.379 e. The van der Waals surface area contributed by atoms with Gasteiger partial charge in [0.2, 0.25) is 0 Å². The summed E-state index contributed by atoms with van der Waals surface area (Å²) < 4.78 is 27.4. The molecule has 0 aliphatic heterocycles. The number of rotatable bonds is 8. The van der Waals surface area contributed by atoms with Crippen LogP contribution in [-0.4, -0.2) is 53.2 Å². The number of fused-ring (bicyclic) bond motifs is 1. The van der Waals surface area contributed by atoms with Crippen LogP contribution in [0.3, 0.4) is 0 Å². The summed E-state index contributed by atoms with van der Waals surface area (Å²) >= 11 is 0. The first-order valence-electron chi connectivity index (χ1n) is 8.60. The fourth-order valence-electron chi connectivity index (χ4n) is 2.51. The highest BCUT2D eigenvalue weighted by Gasteiger charge is 2.08. The van der Waals surface area contributed by atoms with Gasteiger partial charge in [-0.25, -0.2) is 8.42 Å². The van der Waals surface area contributed by atoms with Crippen LogP contribution in [0.5, 0.6) is 0 Å². The summed E-state index contributed by atoms with van der Waals surface area (Å²) in [6, 6.07) is 14.8. The lowest BCUT2D eigenvalue weighted by Gasteiger charge is -2.19. The van der Waals surface area contributed by atoms with E-state index in [-0.39, 0.29) is 42.4 Å². The predicted octanol–water partition coefficient (Wildman–Crippen LogP) is 2.75. The summed E-state index contributed by atoms with van der Waals surface area (Å²) in [5, 5.41) is 8.95. The number of halogens is 1. The number of sulfone groups is 1. The van der Waals surface area contributed by atoms with Crippen molar-refractivity contribution in [3.05, 3.63) is 48.0 Å². The first-order chi connectivity index (χ1) is 12.4. The van der Waals surface area contributed by atoms with E-state index in [0.29, 0.717) is 19.1 Å². The molecule has 0 aliphatic carbocycles. The first-order valence-corrected chi connectivity index (χ1v) is 10.7. The normalized spacial score (nSPS) is 13.1. The monoisotopic (exact) mass is 505 g/mol. The largest absolute Gasteiger partial charge is 0.379 e. The van der Waals surface area contributed by atoms with Crippen LogP contribution in [0, 0.1) is 0 Å². The molecule has 2 N–H and O–H groups in total. The summed E-state index contributed by atoms with van der Waals surface area (Å²) in [7, 11) is -1.26. The Morgan fingerprint density at radius 3 is 2.52 bits per heavy atom. The lowest BCUT2D eigenvalue weighted by atomic mass is 10.0. The molecule has 2 rings (SSSR count). The second-order valence-corrected chi connectivity index (χ2v) is 8.47. The molecule has 0 radical (unpaired) electrons. The molecule has 2 aromatic rings. The Kier molecular flexibility index (Phi) is 10.0. The second kappa shape index (κ2) is 11.5. The SMILES string of the molecule is CN=C(NCCOCCS(C)(=O)=O)NC(C)c1ccc2ccccc2c1.I. The van der Waals surface area contributed by atoms with Crippen molar-refractivity contribution in [1.82, 2.24) is 10.6 Å². The summed E-state index contributed by atoms with van der Waals surface area (Å²) in [4.78, 5) is 4.22. The van der Waals surface area contributed by atoms with E-state index in [0.717, 1.165) is 0 Å². The average Bonchev–Trinajstić information content (AvgIpc) is 2.62. The van der Waals surface area contributed by atoms with Gasteiger partial charge in [-0.15, -0.1) is 24.0 Å². The highest BCUT2D eigenvalue weighted by atomic mass is 127. The molecule has 0 heterocycles. The van der Waals surface area contributed by atoms with Crippen molar-refractivity contribution in [2.45, 2.75) is 13.0 Å². The van der Waals surface area contributed by atoms with Gasteiger partial charge < -0.3 is 15.4 Å². The van der Waals surface area contributed by atoms with Crippen LogP contribution in [0.2, 0.25) is 0 Å². The maximum Gasteiger partial charge on any atom is 0.191 e. The quantitative estimate of drug-likeness (QED) is 0.250. The van der Waals surface area contributed by atoms with Crippen molar-refractivity contribution in [3.8, 4) is 0 Å². The Bertz CT molecular complexity index is 856. The fourth-order valence-corrected chi connectivity index (χ4v) is 2.93. The maximum absolute atomic E-state index is 11.0. The molecule has 2 aromatic carbocycles. The molecule has 27 heavy (non-hydrogen) atoms. The van der Waals surface area contributed by atoms with E-state index < -0.39 is 9.84 Å². The molecule has 0 fully saturated rings. The van der Waals surface area contributed by atoms with Gasteiger partial charge in [0, 0.05) is 19.8 Å². The molecule has 1 atom stereocenters. The van der Waals surface area contributed by atoms with Crippen molar-refractivity contribution in [3.63, 3.8) is 0 Å². The zero-order chi connectivity index (χ0) is 19.0. The zero-order valence-electron chi connectivity index (χ0n) is 15.9. The molecule has 6 nitrogen and oxygen atoms in total. The van der Waals surface area contributed by atoms with Crippen molar-refractivity contribution in [2.75, 3.05) is 38.8 Å². The van der Waals surface area contributed by atoms with E-state index in [4.69, 9.17) is 4.74 Å². The van der Waals surface area contributed by atoms with Gasteiger partial charge in [-0.2, -0.15) is 0 Å². The van der Waals surface area contributed by atoms with Crippen LogP contribution >= 0.6 is 24.0 Å². The van der Waals surface area contributed by atoms with Crippen LogP contribution in [0.4, 0.5) is 0 Å². The second-order valence-electron chi connectivity index (χ2n) is 6.21. The smallest absolute Gasteiger partial charge is 0.191 e. The first kappa shape index (κ1) is 23.6. The van der Waals surface area contributed by atoms with Crippen LogP contribution < -0.4 is 10.6 Å². The van der Waals surface area contributed by atoms with Crippen molar-refractivity contribution < 1.29 is 13.2 Å². The number of nitrogens with zero attached hydrogens (tertiary/aromatic N) is 1. The molecule has 150 valence electrons. The lowest BCUT2D eigenvalue weighted by Crippen LogP contribution is -2.40. The van der Waals surface area contributed by atoms with E-state index in [1.54, 1.807) is 7.05 Å². The van der Waals surface area contributed by atoms with E-state index in [1.165, 1.54) is 22.6 Å². The van der Waals surface area contributed by atoms with Gasteiger partial charge in [-0.1, -0.05) is 36.4 Å². The molecule has 0 aliphatic rings. The van der Waals surface area contributed by atoms with Crippen LogP contribution in [0.1, 0.15) is 18.5 Å². The minimum absolute atomic E-state index is 0. The van der Waals surface area contributed by atoms with E-state index in [1.807, 2.05) is 12.1 Å². The number of hydrogen-bond donors (Lipinski definition) is 2. The average molecular weight is 505 g/mol. The topological polar surface area (TPSA) is 79.8 Å². The van der Waals surface area contributed by atoms with E-state index in [9.17, 15) is 8.42 Å². The van der Waals surface area contributed by atoms with Gasteiger partial charge in [0.05, 0.1) is 25.0 Å². The summed E-state index contributed by atoms with van der Waals surface area (Å²) in [5.74, 6) is 0.719. The molecule has 0 aromatic heterocycles. The van der Waals surface area contributed by atoms with Crippen LogP contribution in [-0.2, 0) is 14.6 Å². The lowest BCUT2D eigenvalue weighted by molar-refractivity contribution is 0.154. The molecule has 0 spiro atoms. The number of ether oxygens (including phenoxy) is 1. The number of benzene rings is 2. The molecule has 8 heteroatoms. The Morgan fingerprint density at radius 2 is 1.85 bits per heavy atom. The third-order valence-electron chi connectivity index (χ3n) is 3.99. The molecular weight excluding hydrogens is 477 g/mol. The molecule has 0 saturated carbocycles. The minimum atomic E-state index is -2.98. The summed E-state index contributed by atoms with van der Waals surface area (Å²) in [6.07, 6.45) is 1.20. The Morgan fingerprint density at radius 1 is 1.15 bits per heavy atom. The zero-order valence-corrected chi connectivity index (χ0v) is 19.1. The molecule has 0 saturated heterocycles. The maximum atomic E-state index is 11.0. The Labute approximate surface area is 178 Å². The van der Waals surface area contributed by atoms with Crippen LogP contribution in [0.15, 0.2) is 47.5 Å². The number of hydrogen-bond acceptors (Lipinski definition) is 4. The summed E-state index contributed by atoms with van der Waals surface area (Å²) in [6.45, 7) is 3.26. The van der Waals surface area contributed by atoms with Gasteiger partial charge in [0.15, 0.2) is 5.96 Å². The van der Waals surface area contributed by atoms with Gasteiger partial charge in [-0.05, 0) is 29.3 Å². The number of aliphatic imine (C=N–C) groups is 1. The number of guanidine groups is 1. The number of nitrogens with one attached hydrogen (secondary N) is 2. The fraction of sp³-hybridized carbons (Fsp3) is 0.421. The van der Waals surface area contributed by atoms with Crippen molar-refractivity contribution in [1.29, 1.82) is 0 Å².